The molecule has 2 atom stereocenters. The summed E-state index contributed by atoms with van der Waals surface area (Å²) in [5, 5.41) is 11.3. The van der Waals surface area contributed by atoms with Crippen LogP contribution in [-0.2, 0) is 15.1 Å². The Kier molecular flexibility index (Phi) is 9.36. The first-order chi connectivity index (χ1) is 13.2. The van der Waals surface area contributed by atoms with E-state index in [-0.39, 0.29) is 23.8 Å². The normalized spacial score (nSPS) is 13.5. The summed E-state index contributed by atoms with van der Waals surface area (Å²) in [4.78, 5) is 10.7. The standard InChI is InChI=1S/C17H21NO.C7H14O2/c1-13(2)16(18)17(19,14-9-5-3-6-10-14)15-11-7-4-8-12-15;1-5(2)6(3)7(8)9-4/h3-13,16,19H,18H2,1-2H3;5-6H,1-4H3/t16-;6-/m00/s1. The molecule has 4 nitrogen and oxygen atoms in total. The second-order valence-electron chi connectivity index (χ2n) is 7.82. The SMILES string of the molecule is CC(C)[C@H](N)C(O)(c1ccccc1)c1ccccc1.COC(=O)[C@@H](C)C(C)C. The Balaban J connectivity index is 0.000000370. The van der Waals surface area contributed by atoms with E-state index in [0.29, 0.717) is 5.92 Å². The number of benzene rings is 2. The fourth-order valence-electron chi connectivity index (χ4n) is 2.88. The molecule has 0 aliphatic rings. The van der Waals surface area contributed by atoms with E-state index >= 15 is 0 Å². The van der Waals surface area contributed by atoms with E-state index in [1.165, 1.54) is 7.11 Å². The van der Waals surface area contributed by atoms with Crippen LogP contribution >= 0.6 is 0 Å². The molecule has 2 rings (SSSR count). The molecule has 0 amide bonds. The van der Waals surface area contributed by atoms with E-state index in [9.17, 15) is 9.90 Å². The van der Waals surface area contributed by atoms with Gasteiger partial charge in [0.2, 0.25) is 0 Å². The zero-order valence-electron chi connectivity index (χ0n) is 17.9. The van der Waals surface area contributed by atoms with Gasteiger partial charge < -0.3 is 15.6 Å². The average Bonchev–Trinajstić information content (AvgIpc) is 2.73. The van der Waals surface area contributed by atoms with Gasteiger partial charge in [0.05, 0.1) is 13.0 Å². The number of hydrogen-bond acceptors (Lipinski definition) is 4. The van der Waals surface area contributed by atoms with Gasteiger partial charge >= 0.3 is 5.97 Å². The number of carbonyl (C=O) groups excluding carboxylic acids is 1. The molecule has 0 aliphatic carbocycles. The maximum Gasteiger partial charge on any atom is 0.308 e. The maximum atomic E-state index is 11.3. The highest BCUT2D eigenvalue weighted by Gasteiger charge is 2.39. The van der Waals surface area contributed by atoms with Crippen molar-refractivity contribution in [3.63, 3.8) is 0 Å². The number of rotatable bonds is 6. The molecule has 0 saturated heterocycles. The van der Waals surface area contributed by atoms with E-state index in [1.807, 2.05) is 95.3 Å². The molecule has 0 radical (unpaired) electrons. The third-order valence-electron chi connectivity index (χ3n) is 5.20. The molecule has 2 aromatic rings. The first-order valence-electron chi connectivity index (χ1n) is 9.83. The summed E-state index contributed by atoms with van der Waals surface area (Å²) in [6.45, 7) is 9.93. The number of hydrogen-bond donors (Lipinski definition) is 2. The predicted octanol–water partition coefficient (Wildman–Crippen LogP) is 4.36. The summed E-state index contributed by atoms with van der Waals surface area (Å²) < 4.78 is 4.53. The van der Waals surface area contributed by atoms with Crippen LogP contribution < -0.4 is 5.73 Å². The predicted molar refractivity (Wildman–Crippen MR) is 115 cm³/mol. The van der Waals surface area contributed by atoms with Crippen molar-refractivity contribution in [2.24, 2.45) is 23.5 Å². The number of ether oxygens (including phenoxy) is 1. The van der Waals surface area contributed by atoms with Gasteiger partial charge in [-0.05, 0) is 23.0 Å². The fraction of sp³-hybridized carbons (Fsp3) is 0.458. The van der Waals surface area contributed by atoms with Crippen molar-refractivity contribution < 1.29 is 14.6 Å². The molecule has 0 aromatic heterocycles. The quantitative estimate of drug-likeness (QED) is 0.725. The highest BCUT2D eigenvalue weighted by atomic mass is 16.5. The number of methoxy groups -OCH3 is 1. The molecule has 4 heteroatoms. The minimum atomic E-state index is -1.16. The lowest BCUT2D eigenvalue weighted by molar-refractivity contribution is -0.146. The van der Waals surface area contributed by atoms with E-state index in [1.54, 1.807) is 0 Å². The van der Waals surface area contributed by atoms with Gasteiger partial charge in [0.1, 0.15) is 5.60 Å². The molecule has 0 bridgehead atoms. The molecule has 0 saturated carbocycles. The van der Waals surface area contributed by atoms with Gasteiger partial charge in [-0.15, -0.1) is 0 Å². The molecule has 154 valence electrons. The van der Waals surface area contributed by atoms with Crippen LogP contribution in [0.5, 0.6) is 0 Å². The van der Waals surface area contributed by atoms with Crippen molar-refractivity contribution in [1.82, 2.24) is 0 Å². The highest BCUT2D eigenvalue weighted by molar-refractivity contribution is 5.71. The van der Waals surface area contributed by atoms with Crippen LogP contribution in [0.3, 0.4) is 0 Å². The average molecular weight is 386 g/mol. The largest absolute Gasteiger partial charge is 0.469 e. The monoisotopic (exact) mass is 385 g/mol. The van der Waals surface area contributed by atoms with Crippen LogP contribution in [-0.4, -0.2) is 24.2 Å². The second-order valence-corrected chi connectivity index (χ2v) is 7.82. The molecule has 28 heavy (non-hydrogen) atoms. The number of aliphatic hydroxyl groups is 1. The number of carbonyl (C=O) groups is 1. The summed E-state index contributed by atoms with van der Waals surface area (Å²) >= 11 is 0. The Morgan fingerprint density at radius 3 is 1.50 bits per heavy atom. The molecule has 2 aromatic carbocycles. The molecule has 0 heterocycles. The van der Waals surface area contributed by atoms with Crippen LogP contribution in [0.25, 0.3) is 0 Å². The Bertz CT molecular complexity index is 659. The van der Waals surface area contributed by atoms with Crippen molar-refractivity contribution >= 4 is 5.97 Å². The van der Waals surface area contributed by atoms with Crippen molar-refractivity contribution in [2.75, 3.05) is 7.11 Å². The zero-order chi connectivity index (χ0) is 21.3. The fourth-order valence-corrected chi connectivity index (χ4v) is 2.88. The van der Waals surface area contributed by atoms with Gasteiger partial charge in [-0.2, -0.15) is 0 Å². The lowest BCUT2D eigenvalue weighted by Crippen LogP contribution is -2.49. The van der Waals surface area contributed by atoms with E-state index in [0.717, 1.165) is 11.1 Å². The summed E-state index contributed by atoms with van der Waals surface area (Å²) in [5.74, 6) is 0.447. The van der Waals surface area contributed by atoms with Crippen molar-refractivity contribution in [3.05, 3.63) is 71.8 Å². The van der Waals surface area contributed by atoms with Crippen molar-refractivity contribution in [1.29, 1.82) is 0 Å². The molecule has 0 fully saturated rings. The van der Waals surface area contributed by atoms with E-state index < -0.39 is 5.60 Å². The molecule has 0 aliphatic heterocycles. The van der Waals surface area contributed by atoms with Gasteiger partial charge in [0, 0.05) is 6.04 Å². The Hall–Kier alpha value is -2.17. The second kappa shape index (κ2) is 11.0. The third kappa shape index (κ3) is 5.91. The third-order valence-corrected chi connectivity index (χ3v) is 5.20. The van der Waals surface area contributed by atoms with Gasteiger partial charge in [0.15, 0.2) is 0 Å². The minimum absolute atomic E-state index is 0.0231. The van der Waals surface area contributed by atoms with E-state index in [4.69, 9.17) is 5.73 Å². The molecule has 0 unspecified atom stereocenters. The van der Waals surface area contributed by atoms with Gasteiger partial charge in [-0.1, -0.05) is 95.3 Å². The van der Waals surface area contributed by atoms with Crippen LogP contribution in [0.15, 0.2) is 60.7 Å². The minimum Gasteiger partial charge on any atom is -0.469 e. The van der Waals surface area contributed by atoms with Gasteiger partial charge in [-0.25, -0.2) is 0 Å². The number of esters is 1. The first-order valence-corrected chi connectivity index (χ1v) is 9.83. The van der Waals surface area contributed by atoms with Crippen molar-refractivity contribution in [2.45, 2.75) is 46.3 Å². The Morgan fingerprint density at radius 1 is 0.857 bits per heavy atom. The van der Waals surface area contributed by atoms with Crippen LogP contribution in [0.2, 0.25) is 0 Å². The highest BCUT2D eigenvalue weighted by Crippen LogP contribution is 2.34. The summed E-state index contributed by atoms with van der Waals surface area (Å²) in [7, 11) is 1.42. The smallest absolute Gasteiger partial charge is 0.308 e. The Labute approximate surface area is 169 Å². The summed E-state index contributed by atoms with van der Waals surface area (Å²) in [6.07, 6.45) is 0. The molecule has 0 spiro atoms. The lowest BCUT2D eigenvalue weighted by Gasteiger charge is -2.37. The topological polar surface area (TPSA) is 72.6 Å². The van der Waals surface area contributed by atoms with Gasteiger partial charge in [-0.3, -0.25) is 4.79 Å². The number of nitrogens with two attached hydrogens (primary N) is 1. The molecular weight excluding hydrogens is 350 g/mol. The molecule has 3 N–H and O–H groups in total. The van der Waals surface area contributed by atoms with Crippen molar-refractivity contribution in [3.8, 4) is 0 Å². The van der Waals surface area contributed by atoms with Gasteiger partial charge in [0.25, 0.3) is 0 Å². The Morgan fingerprint density at radius 2 is 1.25 bits per heavy atom. The van der Waals surface area contributed by atoms with Crippen LogP contribution in [0, 0.1) is 17.8 Å². The van der Waals surface area contributed by atoms with Crippen LogP contribution in [0.1, 0.15) is 45.7 Å². The van der Waals surface area contributed by atoms with Crippen LogP contribution in [0.4, 0.5) is 0 Å². The lowest BCUT2D eigenvalue weighted by atomic mass is 9.76. The summed E-state index contributed by atoms with van der Waals surface area (Å²) in [6, 6.07) is 18.9. The maximum absolute atomic E-state index is 11.3. The van der Waals surface area contributed by atoms with E-state index in [2.05, 4.69) is 4.74 Å². The first kappa shape index (κ1) is 23.9. The molecular formula is C24H35NO3. The zero-order valence-corrected chi connectivity index (χ0v) is 17.9. The summed E-state index contributed by atoms with van der Waals surface area (Å²) in [5.41, 5.74) is 6.82.